The van der Waals surface area contributed by atoms with Crippen molar-refractivity contribution in [3.63, 3.8) is 0 Å². The van der Waals surface area contributed by atoms with Crippen LogP contribution in [0.15, 0.2) is 66.7 Å². The molecule has 0 radical (unpaired) electrons. The summed E-state index contributed by atoms with van der Waals surface area (Å²) in [5.74, 6) is -1.41. The molecule has 8 nitrogen and oxygen atoms in total. The van der Waals surface area contributed by atoms with Crippen LogP contribution in [-0.2, 0) is 17.6 Å². The van der Waals surface area contributed by atoms with Gasteiger partial charge in [0.2, 0.25) is 6.29 Å². The van der Waals surface area contributed by atoms with E-state index in [0.29, 0.717) is 25.3 Å². The molecule has 0 saturated carbocycles. The Bertz CT molecular complexity index is 1080. The molecule has 0 spiro atoms. The maximum absolute atomic E-state index is 11.8. The number of aromatic hydroxyl groups is 2. The predicted molar refractivity (Wildman–Crippen MR) is 131 cm³/mol. The van der Waals surface area contributed by atoms with Gasteiger partial charge in [-0.15, -0.1) is 0 Å². The minimum Gasteiger partial charge on any atom is -0.508 e. The Labute approximate surface area is 204 Å². The Morgan fingerprint density at radius 3 is 2.20 bits per heavy atom. The van der Waals surface area contributed by atoms with Crippen molar-refractivity contribution in [2.75, 3.05) is 26.8 Å². The number of phenolic OH excluding ortho intramolecular Hbond substituents is 2. The monoisotopic (exact) mass is 481 g/mol. The molecule has 0 heterocycles. The van der Waals surface area contributed by atoms with Crippen molar-refractivity contribution in [2.24, 2.45) is 0 Å². The largest absolute Gasteiger partial charge is 0.508 e. The third-order valence-electron chi connectivity index (χ3n) is 5.68. The molecule has 5 N–H and O–H groups in total. The fourth-order valence-electron chi connectivity index (χ4n) is 3.75. The van der Waals surface area contributed by atoms with Crippen molar-refractivity contribution in [1.29, 1.82) is 0 Å². The van der Waals surface area contributed by atoms with E-state index in [4.69, 9.17) is 9.47 Å². The molecule has 3 aromatic carbocycles. The van der Waals surface area contributed by atoms with Crippen LogP contribution in [0.4, 0.5) is 0 Å². The number of carbonyl (C=O) groups is 1. The zero-order valence-corrected chi connectivity index (χ0v) is 19.6. The van der Waals surface area contributed by atoms with E-state index in [-0.39, 0.29) is 29.2 Å². The number of nitrogens with one attached hydrogen (secondary N) is 1. The number of carboxylic acid groups (broad SMARTS) is 1. The fraction of sp³-hybridized carbons (Fsp3) is 0.296. The summed E-state index contributed by atoms with van der Waals surface area (Å²) in [6.07, 6.45) is 0.0394. The first kappa shape index (κ1) is 26.0. The van der Waals surface area contributed by atoms with Gasteiger partial charge in [-0.3, -0.25) is 0 Å². The molecule has 0 saturated heterocycles. The van der Waals surface area contributed by atoms with Gasteiger partial charge < -0.3 is 35.2 Å². The van der Waals surface area contributed by atoms with E-state index in [2.05, 4.69) is 5.32 Å². The van der Waals surface area contributed by atoms with Gasteiger partial charge in [0, 0.05) is 13.7 Å². The molecule has 186 valence electrons. The molecule has 0 aliphatic heterocycles. The molecule has 2 unspecified atom stereocenters. The van der Waals surface area contributed by atoms with Crippen LogP contribution in [0.5, 0.6) is 17.2 Å². The smallest absolute Gasteiger partial charge is 0.335 e. The molecule has 35 heavy (non-hydrogen) atoms. The zero-order valence-electron chi connectivity index (χ0n) is 19.6. The van der Waals surface area contributed by atoms with Crippen molar-refractivity contribution >= 4 is 5.97 Å². The van der Waals surface area contributed by atoms with Crippen LogP contribution >= 0.6 is 0 Å². The summed E-state index contributed by atoms with van der Waals surface area (Å²) < 4.78 is 10.9. The maximum Gasteiger partial charge on any atom is 0.335 e. The number of hydrogen-bond acceptors (Lipinski definition) is 7. The molecule has 2 atom stereocenters. The van der Waals surface area contributed by atoms with Gasteiger partial charge in [-0.05, 0) is 78.5 Å². The highest BCUT2D eigenvalue weighted by atomic mass is 16.6. The Morgan fingerprint density at radius 1 is 0.914 bits per heavy atom. The highest BCUT2D eigenvalue weighted by molar-refractivity contribution is 5.90. The maximum atomic E-state index is 11.8. The van der Waals surface area contributed by atoms with Crippen LogP contribution in [-0.4, -0.2) is 59.5 Å². The van der Waals surface area contributed by atoms with Crippen molar-refractivity contribution in [3.8, 4) is 17.2 Å². The van der Waals surface area contributed by atoms with Crippen LogP contribution in [0.1, 0.15) is 33.0 Å². The third kappa shape index (κ3) is 7.71. The van der Waals surface area contributed by atoms with Gasteiger partial charge in [0.15, 0.2) is 0 Å². The Kier molecular flexibility index (Phi) is 9.48. The first-order valence-electron chi connectivity index (χ1n) is 11.3. The second-order valence-corrected chi connectivity index (χ2v) is 8.20. The van der Waals surface area contributed by atoms with Crippen LogP contribution < -0.4 is 10.1 Å². The first-order chi connectivity index (χ1) is 16.9. The summed E-state index contributed by atoms with van der Waals surface area (Å²) in [6.45, 7) is 1.34. The summed E-state index contributed by atoms with van der Waals surface area (Å²) in [5, 5.41) is 43.3. The second-order valence-electron chi connectivity index (χ2n) is 8.20. The van der Waals surface area contributed by atoms with Crippen molar-refractivity contribution in [1.82, 2.24) is 5.32 Å². The van der Waals surface area contributed by atoms with Crippen molar-refractivity contribution in [2.45, 2.75) is 25.0 Å². The number of aliphatic hydroxyl groups excluding tert-OH is 1. The quantitative estimate of drug-likeness (QED) is 0.186. The molecule has 0 aromatic heterocycles. The number of methoxy groups -OCH3 is 1. The molecular formula is C27H31NO7. The average Bonchev–Trinajstić information content (AvgIpc) is 2.84. The number of aromatic carboxylic acids is 1. The van der Waals surface area contributed by atoms with Gasteiger partial charge in [0.25, 0.3) is 0 Å². The van der Waals surface area contributed by atoms with E-state index in [1.165, 1.54) is 18.2 Å². The van der Waals surface area contributed by atoms with E-state index in [1.807, 2.05) is 24.3 Å². The highest BCUT2D eigenvalue weighted by Gasteiger charge is 2.28. The number of carboxylic acids is 1. The lowest BCUT2D eigenvalue weighted by atomic mass is 9.92. The van der Waals surface area contributed by atoms with Crippen LogP contribution in [0.25, 0.3) is 0 Å². The summed E-state index contributed by atoms with van der Waals surface area (Å²) >= 11 is 0. The zero-order chi connectivity index (χ0) is 25.2. The molecule has 0 aliphatic carbocycles. The lowest BCUT2D eigenvalue weighted by molar-refractivity contribution is -0.0382. The lowest BCUT2D eigenvalue weighted by Gasteiger charge is -2.26. The fourth-order valence-corrected chi connectivity index (χ4v) is 3.75. The van der Waals surface area contributed by atoms with Crippen LogP contribution in [0.3, 0.4) is 0 Å². The first-order valence-corrected chi connectivity index (χ1v) is 11.3. The van der Waals surface area contributed by atoms with Gasteiger partial charge in [-0.1, -0.05) is 24.3 Å². The molecular weight excluding hydrogens is 450 g/mol. The van der Waals surface area contributed by atoms with E-state index in [9.17, 15) is 25.2 Å². The van der Waals surface area contributed by atoms with Gasteiger partial charge in [0.05, 0.1) is 18.1 Å². The van der Waals surface area contributed by atoms with Gasteiger partial charge in [-0.2, -0.15) is 0 Å². The number of aliphatic hydroxyl groups is 1. The predicted octanol–water partition coefficient (Wildman–Crippen LogP) is 3.30. The minimum atomic E-state index is -1.37. The van der Waals surface area contributed by atoms with Gasteiger partial charge in [-0.25, -0.2) is 4.79 Å². The Balaban J connectivity index is 1.74. The van der Waals surface area contributed by atoms with E-state index in [1.54, 1.807) is 31.4 Å². The summed E-state index contributed by atoms with van der Waals surface area (Å²) in [7, 11) is 1.64. The van der Waals surface area contributed by atoms with Crippen molar-refractivity contribution in [3.05, 3.63) is 89.0 Å². The minimum absolute atomic E-state index is 0.0225. The standard InChI is InChI=1S/C27H31NO7/c1-34-15-13-19-4-9-22(10-5-19)35-27(33)25(24-16-21(30)8-11-23(24)26(31)32)17-28-14-12-18-2-6-20(29)7-3-18/h2-11,16,25,27-30,33H,12-15,17H2,1H3,(H,31,32). The number of benzene rings is 3. The SMILES string of the molecule is COCCc1ccc(OC(O)C(CNCCc2ccc(O)cc2)c2cc(O)ccc2C(=O)O)cc1. The lowest BCUT2D eigenvalue weighted by Crippen LogP contribution is -2.35. The van der Waals surface area contributed by atoms with E-state index in [0.717, 1.165) is 17.5 Å². The summed E-state index contributed by atoms with van der Waals surface area (Å²) in [6, 6.07) is 18.1. The molecule has 0 bridgehead atoms. The molecule has 3 rings (SSSR count). The summed E-state index contributed by atoms with van der Waals surface area (Å²) in [5.41, 5.74) is 2.31. The summed E-state index contributed by atoms with van der Waals surface area (Å²) in [4.78, 5) is 11.8. The second kappa shape index (κ2) is 12.8. The van der Waals surface area contributed by atoms with E-state index < -0.39 is 18.2 Å². The van der Waals surface area contributed by atoms with Crippen LogP contribution in [0.2, 0.25) is 0 Å². The Hall–Kier alpha value is -3.59. The number of phenols is 2. The van der Waals surface area contributed by atoms with E-state index >= 15 is 0 Å². The molecule has 8 heteroatoms. The molecule has 0 amide bonds. The molecule has 0 aliphatic rings. The highest BCUT2D eigenvalue weighted by Crippen LogP contribution is 2.29. The molecule has 3 aromatic rings. The average molecular weight is 482 g/mol. The normalized spacial score (nSPS) is 12.7. The van der Waals surface area contributed by atoms with Gasteiger partial charge in [0.1, 0.15) is 17.2 Å². The topological polar surface area (TPSA) is 128 Å². The molecule has 0 fully saturated rings. The van der Waals surface area contributed by atoms with Crippen LogP contribution in [0, 0.1) is 0 Å². The third-order valence-corrected chi connectivity index (χ3v) is 5.68. The number of rotatable bonds is 13. The number of ether oxygens (including phenoxy) is 2. The van der Waals surface area contributed by atoms with Crippen molar-refractivity contribution < 1.29 is 34.7 Å². The Morgan fingerprint density at radius 2 is 1.54 bits per heavy atom. The number of hydrogen-bond donors (Lipinski definition) is 5. The van der Waals surface area contributed by atoms with Gasteiger partial charge >= 0.3 is 5.97 Å².